The summed E-state index contributed by atoms with van der Waals surface area (Å²) in [5.74, 6) is 1.26. The second-order valence-electron chi connectivity index (χ2n) is 8.73. The predicted octanol–water partition coefficient (Wildman–Crippen LogP) is 4.88. The second kappa shape index (κ2) is 7.05. The summed E-state index contributed by atoms with van der Waals surface area (Å²) in [7, 11) is 0. The lowest BCUT2D eigenvalue weighted by Crippen LogP contribution is -2.54. The van der Waals surface area contributed by atoms with E-state index in [0.29, 0.717) is 10.0 Å². The first-order valence-electron chi connectivity index (χ1n) is 10.1. The molecule has 2 aliphatic heterocycles. The van der Waals surface area contributed by atoms with E-state index in [1.165, 1.54) is 18.4 Å². The number of fused-ring (bicyclic) bond motifs is 1. The lowest BCUT2D eigenvalue weighted by Gasteiger charge is -2.42. The quantitative estimate of drug-likeness (QED) is 0.730. The molecule has 2 saturated carbocycles. The molecule has 2 atom stereocenters. The van der Waals surface area contributed by atoms with Crippen molar-refractivity contribution in [2.75, 3.05) is 13.1 Å². The fourth-order valence-electron chi connectivity index (χ4n) is 5.22. The van der Waals surface area contributed by atoms with Crippen LogP contribution < -0.4 is 5.32 Å². The highest BCUT2D eigenvalue weighted by Gasteiger charge is 2.56. The lowest BCUT2D eigenvalue weighted by atomic mass is 9.73. The third-order valence-corrected chi connectivity index (χ3v) is 7.17. The van der Waals surface area contributed by atoms with Crippen molar-refractivity contribution in [3.8, 4) is 0 Å². The van der Waals surface area contributed by atoms with Gasteiger partial charge in [0.1, 0.15) is 0 Å². The molecule has 2 aliphatic carbocycles. The fourth-order valence-corrected chi connectivity index (χ4v) is 5.77. The fraction of sp³-hybridized carbons (Fsp3) is 0.435. The van der Waals surface area contributed by atoms with Crippen LogP contribution in [-0.4, -0.2) is 29.4 Å². The molecule has 2 saturated heterocycles. The average Bonchev–Trinajstić information content (AvgIpc) is 3.28. The number of carbonyl (C=O) groups excluding carboxylic acids is 1. The molecule has 2 heterocycles. The highest BCUT2D eigenvalue weighted by Crippen LogP contribution is 2.52. The molecule has 0 spiro atoms. The Kier molecular flexibility index (Phi) is 4.65. The molecule has 4 fully saturated rings. The zero-order valence-corrected chi connectivity index (χ0v) is 17.2. The molecular formula is C23H24Cl2N2O. The first-order valence-corrected chi connectivity index (χ1v) is 10.8. The summed E-state index contributed by atoms with van der Waals surface area (Å²) in [5.41, 5.74) is 2.58. The van der Waals surface area contributed by atoms with Crippen LogP contribution in [0.4, 0.5) is 0 Å². The van der Waals surface area contributed by atoms with Gasteiger partial charge in [0.05, 0.1) is 0 Å². The zero-order valence-electron chi connectivity index (χ0n) is 15.7. The molecule has 2 aromatic rings. The van der Waals surface area contributed by atoms with Gasteiger partial charge in [-0.05, 0) is 60.4 Å². The van der Waals surface area contributed by atoms with Crippen molar-refractivity contribution in [1.82, 2.24) is 10.2 Å². The van der Waals surface area contributed by atoms with Crippen molar-refractivity contribution in [2.45, 2.75) is 37.3 Å². The molecule has 1 amide bonds. The molecule has 28 heavy (non-hydrogen) atoms. The molecule has 2 aromatic carbocycles. The Bertz CT molecular complexity index is 874. The van der Waals surface area contributed by atoms with E-state index in [0.717, 1.165) is 37.5 Å². The maximum atomic E-state index is 12.7. The van der Waals surface area contributed by atoms with E-state index in [-0.39, 0.29) is 23.3 Å². The number of hydrogen-bond donors (Lipinski definition) is 1. The van der Waals surface area contributed by atoms with Crippen molar-refractivity contribution in [3.05, 3.63) is 69.7 Å². The summed E-state index contributed by atoms with van der Waals surface area (Å²) in [6.45, 7) is 2.88. The number of nitrogens with one attached hydrogen (secondary N) is 1. The van der Waals surface area contributed by atoms with E-state index in [1.807, 2.05) is 12.1 Å². The molecule has 0 radical (unpaired) electrons. The molecule has 1 N–H and O–H groups in total. The monoisotopic (exact) mass is 414 g/mol. The van der Waals surface area contributed by atoms with Gasteiger partial charge in [0, 0.05) is 41.1 Å². The number of nitrogens with zero attached hydrogens (tertiary/aromatic N) is 1. The third-order valence-electron chi connectivity index (χ3n) is 6.73. The van der Waals surface area contributed by atoms with E-state index >= 15 is 0 Å². The van der Waals surface area contributed by atoms with Gasteiger partial charge in [-0.2, -0.15) is 0 Å². The first kappa shape index (κ1) is 18.5. The van der Waals surface area contributed by atoms with Crippen LogP contribution in [-0.2, 0) is 11.3 Å². The Hall–Kier alpha value is -1.55. The number of benzene rings is 2. The van der Waals surface area contributed by atoms with Gasteiger partial charge in [-0.1, -0.05) is 53.5 Å². The number of hydrogen-bond acceptors (Lipinski definition) is 2. The average molecular weight is 415 g/mol. The molecule has 146 valence electrons. The molecule has 2 bridgehead atoms. The normalized spacial score (nSPS) is 30.7. The number of rotatable bonds is 6. The predicted molar refractivity (Wildman–Crippen MR) is 113 cm³/mol. The second-order valence-corrected chi connectivity index (χ2v) is 9.61. The Morgan fingerprint density at radius 1 is 1.11 bits per heavy atom. The summed E-state index contributed by atoms with van der Waals surface area (Å²) in [4.78, 5) is 15.3. The summed E-state index contributed by atoms with van der Waals surface area (Å²) in [6.07, 6.45) is 3.29. The van der Waals surface area contributed by atoms with E-state index in [4.69, 9.17) is 23.2 Å². The summed E-state index contributed by atoms with van der Waals surface area (Å²) in [6, 6.07) is 16.2. The molecular weight excluding hydrogens is 391 g/mol. The van der Waals surface area contributed by atoms with E-state index in [2.05, 4.69) is 40.5 Å². The molecule has 5 heteroatoms. The highest BCUT2D eigenvalue weighted by atomic mass is 35.5. The Morgan fingerprint density at radius 3 is 2.54 bits per heavy atom. The maximum Gasteiger partial charge on any atom is 0.223 e. The summed E-state index contributed by atoms with van der Waals surface area (Å²) in [5, 5.41) is 4.53. The minimum atomic E-state index is 0.0470. The largest absolute Gasteiger partial charge is 0.354 e. The molecule has 4 aliphatic rings. The SMILES string of the molecule is O=C(NCC12CC(CN1Cc1ccccc1)C2)C1CC1c1cc(Cl)cc(Cl)c1. The van der Waals surface area contributed by atoms with Crippen molar-refractivity contribution in [3.63, 3.8) is 0 Å². The molecule has 6 rings (SSSR count). The van der Waals surface area contributed by atoms with Gasteiger partial charge in [0.15, 0.2) is 0 Å². The lowest BCUT2D eigenvalue weighted by molar-refractivity contribution is -0.123. The van der Waals surface area contributed by atoms with Crippen LogP contribution in [0, 0.1) is 11.8 Å². The topological polar surface area (TPSA) is 32.3 Å². The van der Waals surface area contributed by atoms with Crippen molar-refractivity contribution in [2.24, 2.45) is 11.8 Å². The maximum absolute atomic E-state index is 12.7. The van der Waals surface area contributed by atoms with Gasteiger partial charge in [0.2, 0.25) is 5.91 Å². The molecule has 3 nitrogen and oxygen atoms in total. The van der Waals surface area contributed by atoms with Crippen LogP contribution in [0.25, 0.3) is 0 Å². The molecule has 2 unspecified atom stereocenters. The smallest absolute Gasteiger partial charge is 0.223 e. The van der Waals surface area contributed by atoms with Crippen LogP contribution in [0.2, 0.25) is 10.0 Å². The minimum Gasteiger partial charge on any atom is -0.354 e. The standard InChI is InChI=1S/C23H24Cl2N2O/c24-18-6-17(7-19(25)8-18)20-9-21(20)22(28)26-14-23-10-16(11-23)13-27(23)12-15-4-2-1-3-5-15/h1-8,16,20-21H,9-14H2,(H,26,28). The van der Waals surface area contributed by atoms with Crippen LogP contribution in [0.5, 0.6) is 0 Å². The molecule has 0 aromatic heterocycles. The van der Waals surface area contributed by atoms with Gasteiger partial charge in [-0.15, -0.1) is 0 Å². The van der Waals surface area contributed by atoms with E-state index < -0.39 is 0 Å². The van der Waals surface area contributed by atoms with Crippen molar-refractivity contribution >= 4 is 29.1 Å². The number of carbonyl (C=O) groups is 1. The van der Waals surface area contributed by atoms with Gasteiger partial charge in [-0.25, -0.2) is 0 Å². The number of halogens is 2. The van der Waals surface area contributed by atoms with Crippen LogP contribution >= 0.6 is 23.2 Å². The van der Waals surface area contributed by atoms with Crippen LogP contribution in [0.15, 0.2) is 48.5 Å². The van der Waals surface area contributed by atoms with E-state index in [1.54, 1.807) is 6.07 Å². The highest BCUT2D eigenvalue weighted by molar-refractivity contribution is 6.34. The van der Waals surface area contributed by atoms with Crippen molar-refractivity contribution in [1.29, 1.82) is 0 Å². The van der Waals surface area contributed by atoms with Gasteiger partial charge in [-0.3, -0.25) is 9.69 Å². The van der Waals surface area contributed by atoms with Crippen LogP contribution in [0.1, 0.15) is 36.3 Å². The minimum absolute atomic E-state index is 0.0470. The Balaban J connectivity index is 1.19. The summed E-state index contributed by atoms with van der Waals surface area (Å²) < 4.78 is 0. The van der Waals surface area contributed by atoms with E-state index in [9.17, 15) is 4.79 Å². The third kappa shape index (κ3) is 3.45. The van der Waals surface area contributed by atoms with Crippen molar-refractivity contribution < 1.29 is 4.79 Å². The zero-order chi connectivity index (χ0) is 19.3. The van der Waals surface area contributed by atoms with Crippen LogP contribution in [0.3, 0.4) is 0 Å². The Labute approximate surface area is 176 Å². The summed E-state index contributed by atoms with van der Waals surface area (Å²) >= 11 is 12.2. The number of amides is 1. The van der Waals surface area contributed by atoms with Gasteiger partial charge in [0.25, 0.3) is 0 Å². The van der Waals surface area contributed by atoms with Gasteiger partial charge < -0.3 is 5.32 Å². The van der Waals surface area contributed by atoms with Gasteiger partial charge >= 0.3 is 0 Å². The Morgan fingerprint density at radius 2 is 1.82 bits per heavy atom. The first-order chi connectivity index (χ1) is 13.5.